The summed E-state index contributed by atoms with van der Waals surface area (Å²) in [5, 5.41) is 0. The summed E-state index contributed by atoms with van der Waals surface area (Å²) in [6.45, 7) is 6.11. The van der Waals surface area contributed by atoms with Crippen LogP contribution in [0.1, 0.15) is 48.8 Å². The van der Waals surface area contributed by atoms with E-state index in [0.717, 1.165) is 49.0 Å². The van der Waals surface area contributed by atoms with Gasteiger partial charge in [0.2, 0.25) is 0 Å². The van der Waals surface area contributed by atoms with Gasteiger partial charge in [-0.25, -0.2) is 0 Å². The van der Waals surface area contributed by atoms with Gasteiger partial charge in [0.05, 0.1) is 0 Å². The molecule has 0 bridgehead atoms. The molecule has 1 aromatic rings. The van der Waals surface area contributed by atoms with E-state index in [1.807, 2.05) is 19.9 Å². The summed E-state index contributed by atoms with van der Waals surface area (Å²) >= 11 is 0. The van der Waals surface area contributed by atoms with Crippen LogP contribution in [0.2, 0.25) is 0 Å². The van der Waals surface area contributed by atoms with E-state index in [-0.39, 0.29) is 5.91 Å². The molecule has 3 heteroatoms. The molecule has 2 N–H and O–H groups in total. The van der Waals surface area contributed by atoms with Gasteiger partial charge < -0.3 is 10.5 Å². The van der Waals surface area contributed by atoms with Crippen LogP contribution in [0.4, 0.5) is 0 Å². The third-order valence-electron chi connectivity index (χ3n) is 4.28. The highest BCUT2D eigenvalue weighted by Gasteiger charge is 2.40. The first kappa shape index (κ1) is 13.9. The van der Waals surface area contributed by atoms with Crippen LogP contribution in [0.25, 0.3) is 0 Å². The summed E-state index contributed by atoms with van der Waals surface area (Å²) < 4.78 is 6.17. The predicted octanol–water partition coefficient (Wildman–Crippen LogP) is 3.18. The lowest BCUT2D eigenvalue weighted by molar-refractivity contribution is -0.136. The molecule has 1 amide bonds. The number of benzene rings is 1. The van der Waals surface area contributed by atoms with E-state index in [1.54, 1.807) is 0 Å². The molecule has 1 aliphatic carbocycles. The van der Waals surface area contributed by atoms with Gasteiger partial charge in [-0.05, 0) is 63.1 Å². The minimum Gasteiger partial charge on any atom is -0.477 e. The van der Waals surface area contributed by atoms with Crippen molar-refractivity contribution in [1.82, 2.24) is 0 Å². The van der Waals surface area contributed by atoms with Gasteiger partial charge in [-0.2, -0.15) is 0 Å². The Bertz CT molecular complexity index is 488. The van der Waals surface area contributed by atoms with Gasteiger partial charge in [-0.15, -0.1) is 0 Å². The minimum atomic E-state index is -0.804. The first-order valence-corrected chi connectivity index (χ1v) is 7.02. The summed E-state index contributed by atoms with van der Waals surface area (Å²) in [5.74, 6) is 0.508. The highest BCUT2D eigenvalue weighted by atomic mass is 16.5. The topological polar surface area (TPSA) is 52.3 Å². The number of amides is 1. The second-order valence-electron chi connectivity index (χ2n) is 5.67. The van der Waals surface area contributed by atoms with Crippen LogP contribution in [0.3, 0.4) is 0 Å². The van der Waals surface area contributed by atoms with Crippen LogP contribution in [-0.2, 0) is 4.79 Å². The van der Waals surface area contributed by atoms with Gasteiger partial charge in [-0.1, -0.05) is 18.6 Å². The van der Waals surface area contributed by atoms with Crippen molar-refractivity contribution in [3.05, 3.63) is 28.8 Å². The van der Waals surface area contributed by atoms with Gasteiger partial charge in [0, 0.05) is 0 Å². The molecule has 1 aromatic carbocycles. The summed E-state index contributed by atoms with van der Waals surface area (Å²) in [6.07, 6.45) is 4.63. The molecule has 0 spiro atoms. The Balaban J connectivity index is 2.37. The molecule has 19 heavy (non-hydrogen) atoms. The normalized spacial score (nSPS) is 18.1. The lowest BCUT2D eigenvalue weighted by Gasteiger charge is -2.36. The molecule has 3 nitrogen and oxygen atoms in total. The number of aryl methyl sites for hydroxylation is 2. The van der Waals surface area contributed by atoms with Crippen molar-refractivity contribution in [3.63, 3.8) is 0 Å². The molecule has 104 valence electrons. The van der Waals surface area contributed by atoms with Crippen LogP contribution >= 0.6 is 0 Å². The third kappa shape index (κ3) is 2.60. The second kappa shape index (κ2) is 5.24. The quantitative estimate of drug-likeness (QED) is 0.908. The molecule has 0 atom stereocenters. The monoisotopic (exact) mass is 261 g/mol. The Morgan fingerprint density at radius 2 is 1.68 bits per heavy atom. The van der Waals surface area contributed by atoms with Crippen molar-refractivity contribution >= 4 is 5.91 Å². The number of rotatable bonds is 3. The van der Waals surface area contributed by atoms with Gasteiger partial charge in [0.25, 0.3) is 5.91 Å². The van der Waals surface area contributed by atoms with E-state index in [0.29, 0.717) is 0 Å². The number of hydrogen-bond acceptors (Lipinski definition) is 2. The summed E-state index contributed by atoms with van der Waals surface area (Å²) in [4.78, 5) is 11.9. The summed E-state index contributed by atoms with van der Waals surface area (Å²) in [5.41, 5.74) is 8.16. The molecule has 2 rings (SSSR count). The standard InChI is InChI=1S/C16H23NO2/c1-11-7-8-12(2)14(13(11)3)19-16(15(17)18)9-5-4-6-10-16/h7-8H,4-6,9-10H2,1-3H3,(H2,17,18). The van der Waals surface area contributed by atoms with Crippen LogP contribution < -0.4 is 10.5 Å². The van der Waals surface area contributed by atoms with Crippen LogP contribution in [0, 0.1) is 20.8 Å². The number of ether oxygens (including phenoxy) is 1. The van der Waals surface area contributed by atoms with Gasteiger partial charge >= 0.3 is 0 Å². The molecule has 0 heterocycles. The minimum absolute atomic E-state index is 0.326. The lowest BCUT2D eigenvalue weighted by Crippen LogP contribution is -2.50. The Kier molecular flexibility index (Phi) is 3.83. The van der Waals surface area contributed by atoms with E-state index < -0.39 is 5.60 Å². The van der Waals surface area contributed by atoms with Crippen molar-refractivity contribution in [2.24, 2.45) is 5.73 Å². The smallest absolute Gasteiger partial charge is 0.261 e. The van der Waals surface area contributed by atoms with Crippen molar-refractivity contribution in [2.45, 2.75) is 58.5 Å². The zero-order valence-corrected chi connectivity index (χ0v) is 12.1. The molecule has 0 saturated heterocycles. The summed E-state index contributed by atoms with van der Waals surface area (Å²) in [7, 11) is 0. The maximum atomic E-state index is 11.9. The molecule has 1 aliphatic rings. The highest BCUT2D eigenvalue weighted by molar-refractivity contribution is 5.84. The Morgan fingerprint density at radius 3 is 2.26 bits per heavy atom. The SMILES string of the molecule is Cc1ccc(C)c(OC2(C(N)=O)CCCCC2)c1C. The van der Waals surface area contributed by atoms with E-state index in [1.165, 1.54) is 5.56 Å². The fraction of sp³-hybridized carbons (Fsp3) is 0.562. The zero-order valence-electron chi connectivity index (χ0n) is 12.1. The Hall–Kier alpha value is -1.51. The zero-order chi connectivity index (χ0) is 14.0. The third-order valence-corrected chi connectivity index (χ3v) is 4.28. The number of carbonyl (C=O) groups excluding carboxylic acids is 1. The predicted molar refractivity (Wildman–Crippen MR) is 76.3 cm³/mol. The second-order valence-corrected chi connectivity index (χ2v) is 5.67. The van der Waals surface area contributed by atoms with E-state index in [2.05, 4.69) is 13.0 Å². The number of carbonyl (C=O) groups is 1. The molecule has 0 aliphatic heterocycles. The number of hydrogen-bond donors (Lipinski definition) is 1. The molecular weight excluding hydrogens is 238 g/mol. The fourth-order valence-electron chi connectivity index (χ4n) is 2.80. The first-order valence-electron chi connectivity index (χ1n) is 7.02. The molecule has 0 unspecified atom stereocenters. The van der Waals surface area contributed by atoms with Crippen molar-refractivity contribution in [3.8, 4) is 5.75 Å². The fourth-order valence-corrected chi connectivity index (χ4v) is 2.80. The van der Waals surface area contributed by atoms with Crippen molar-refractivity contribution in [1.29, 1.82) is 0 Å². The lowest BCUT2D eigenvalue weighted by atomic mass is 9.84. The van der Waals surface area contributed by atoms with Gasteiger partial charge in [0.15, 0.2) is 5.60 Å². The molecular formula is C16H23NO2. The van der Waals surface area contributed by atoms with Crippen LogP contribution in [-0.4, -0.2) is 11.5 Å². The van der Waals surface area contributed by atoms with Gasteiger partial charge in [-0.3, -0.25) is 4.79 Å². The highest BCUT2D eigenvalue weighted by Crippen LogP contribution is 2.36. The van der Waals surface area contributed by atoms with Crippen LogP contribution in [0.15, 0.2) is 12.1 Å². The van der Waals surface area contributed by atoms with Crippen LogP contribution in [0.5, 0.6) is 5.75 Å². The summed E-state index contributed by atoms with van der Waals surface area (Å²) in [6, 6.07) is 4.12. The van der Waals surface area contributed by atoms with E-state index in [4.69, 9.17) is 10.5 Å². The molecule has 0 aromatic heterocycles. The first-order chi connectivity index (χ1) is 8.96. The molecule has 1 fully saturated rings. The number of nitrogens with two attached hydrogens (primary N) is 1. The maximum Gasteiger partial charge on any atom is 0.261 e. The van der Waals surface area contributed by atoms with E-state index >= 15 is 0 Å². The Labute approximate surface area is 115 Å². The average molecular weight is 261 g/mol. The maximum absolute atomic E-state index is 11.9. The van der Waals surface area contributed by atoms with Crippen molar-refractivity contribution in [2.75, 3.05) is 0 Å². The largest absolute Gasteiger partial charge is 0.477 e. The molecule has 0 radical (unpaired) electrons. The average Bonchev–Trinajstić information content (AvgIpc) is 2.40. The molecule has 1 saturated carbocycles. The number of primary amides is 1. The van der Waals surface area contributed by atoms with Crippen molar-refractivity contribution < 1.29 is 9.53 Å². The Morgan fingerprint density at radius 1 is 1.11 bits per heavy atom. The van der Waals surface area contributed by atoms with E-state index in [9.17, 15) is 4.79 Å². The van der Waals surface area contributed by atoms with Gasteiger partial charge in [0.1, 0.15) is 5.75 Å².